The molecule has 0 aliphatic rings. The third-order valence-electron chi connectivity index (χ3n) is 1.96. The van der Waals surface area contributed by atoms with E-state index < -0.39 is 0 Å². The van der Waals surface area contributed by atoms with Crippen molar-refractivity contribution in [2.75, 3.05) is 0 Å². The number of amidine groups is 1. The van der Waals surface area contributed by atoms with Gasteiger partial charge in [-0.3, -0.25) is 0 Å². The number of hydrogen-bond acceptors (Lipinski definition) is 4. The van der Waals surface area contributed by atoms with Crippen molar-refractivity contribution in [3.63, 3.8) is 0 Å². The van der Waals surface area contributed by atoms with E-state index in [0.717, 1.165) is 0 Å². The Hall–Kier alpha value is -1.82. The van der Waals surface area contributed by atoms with Crippen molar-refractivity contribution >= 4 is 17.2 Å². The predicted molar refractivity (Wildman–Crippen MR) is 58.2 cm³/mol. The average Bonchev–Trinajstić information content (AvgIpc) is 2.88. The Morgan fingerprint density at radius 3 is 3.20 bits per heavy atom. The summed E-state index contributed by atoms with van der Waals surface area (Å²) in [6.07, 6.45) is 3.42. The van der Waals surface area contributed by atoms with Crippen LogP contribution in [0.15, 0.2) is 35.1 Å². The maximum absolute atomic E-state index is 8.57. The minimum absolute atomic E-state index is 0.0246. The molecule has 6 heteroatoms. The van der Waals surface area contributed by atoms with Crippen LogP contribution in [0.4, 0.5) is 0 Å². The van der Waals surface area contributed by atoms with Crippen molar-refractivity contribution in [2.45, 2.75) is 6.54 Å². The van der Waals surface area contributed by atoms with Crippen LogP contribution in [0.3, 0.4) is 0 Å². The lowest BCUT2D eigenvalue weighted by Gasteiger charge is -2.04. The molecule has 0 aromatic carbocycles. The van der Waals surface area contributed by atoms with Gasteiger partial charge in [0.25, 0.3) is 0 Å². The highest BCUT2D eigenvalue weighted by molar-refractivity contribution is 7.09. The molecule has 3 N–H and O–H groups in total. The molecule has 0 unspecified atom stereocenters. The second kappa shape index (κ2) is 4.14. The van der Waals surface area contributed by atoms with Gasteiger partial charge in [-0.15, -0.1) is 11.3 Å². The second-order valence-corrected chi connectivity index (χ2v) is 3.98. The van der Waals surface area contributed by atoms with Crippen LogP contribution in [0.1, 0.15) is 10.7 Å². The molecule has 0 bridgehead atoms. The molecule has 2 aromatic heterocycles. The van der Waals surface area contributed by atoms with Crippen molar-refractivity contribution in [3.8, 4) is 0 Å². The molecule has 15 heavy (non-hydrogen) atoms. The number of nitrogens with two attached hydrogens (primary N) is 1. The monoisotopic (exact) mass is 222 g/mol. The zero-order chi connectivity index (χ0) is 10.7. The van der Waals surface area contributed by atoms with Gasteiger partial charge < -0.3 is 15.5 Å². The van der Waals surface area contributed by atoms with Gasteiger partial charge in [0, 0.05) is 17.3 Å². The van der Waals surface area contributed by atoms with Crippen LogP contribution in [0.5, 0.6) is 0 Å². The Bertz CT molecular complexity index is 460. The van der Waals surface area contributed by atoms with Crippen molar-refractivity contribution in [1.29, 1.82) is 0 Å². The van der Waals surface area contributed by atoms with E-state index >= 15 is 0 Å². The molecule has 0 saturated carbocycles. The van der Waals surface area contributed by atoms with E-state index in [4.69, 9.17) is 10.9 Å². The van der Waals surface area contributed by atoms with Gasteiger partial charge in [0.05, 0.1) is 6.54 Å². The largest absolute Gasteiger partial charge is 0.409 e. The van der Waals surface area contributed by atoms with Gasteiger partial charge in [0.1, 0.15) is 0 Å². The fraction of sp³-hybridized carbons (Fsp3) is 0.111. The minimum atomic E-state index is 0.0246. The second-order valence-electron chi connectivity index (χ2n) is 2.94. The van der Waals surface area contributed by atoms with Crippen molar-refractivity contribution < 1.29 is 5.21 Å². The summed E-state index contributed by atoms with van der Waals surface area (Å²) in [6.45, 7) is 0.684. The average molecular weight is 222 g/mol. The zero-order valence-corrected chi connectivity index (χ0v) is 8.68. The van der Waals surface area contributed by atoms with Gasteiger partial charge >= 0.3 is 0 Å². The van der Waals surface area contributed by atoms with E-state index in [1.807, 2.05) is 22.1 Å². The zero-order valence-electron chi connectivity index (χ0n) is 7.87. The molecule has 5 nitrogen and oxygen atoms in total. The van der Waals surface area contributed by atoms with Crippen LogP contribution in [-0.2, 0) is 6.54 Å². The van der Waals surface area contributed by atoms with Crippen LogP contribution in [0.25, 0.3) is 0 Å². The normalized spacial score (nSPS) is 11.9. The Morgan fingerprint density at radius 1 is 1.67 bits per heavy atom. The summed E-state index contributed by atoms with van der Waals surface area (Å²) in [5.41, 5.74) is 5.49. The molecule has 0 atom stereocenters. The number of rotatable bonds is 3. The predicted octanol–water partition coefficient (Wildman–Crippen LogP) is 1.09. The van der Waals surface area contributed by atoms with E-state index in [-0.39, 0.29) is 5.84 Å². The molecular weight excluding hydrogens is 212 g/mol. The number of imidazole rings is 1. The first-order chi connectivity index (χ1) is 7.31. The van der Waals surface area contributed by atoms with Crippen LogP contribution in [0, 0.1) is 0 Å². The highest BCUT2D eigenvalue weighted by Crippen LogP contribution is 2.11. The molecule has 0 saturated heterocycles. The van der Waals surface area contributed by atoms with E-state index in [0.29, 0.717) is 12.4 Å². The number of hydrogen-bond donors (Lipinski definition) is 2. The van der Waals surface area contributed by atoms with Gasteiger partial charge in [-0.2, -0.15) is 0 Å². The summed E-state index contributed by atoms with van der Waals surface area (Å²) in [4.78, 5) is 5.21. The Labute approximate surface area is 90.5 Å². The molecule has 0 spiro atoms. The Kier molecular flexibility index (Phi) is 2.68. The van der Waals surface area contributed by atoms with Gasteiger partial charge in [-0.25, -0.2) is 4.98 Å². The fourth-order valence-electron chi connectivity index (χ4n) is 1.29. The molecular formula is C9H10N4OS. The standard InChI is InChI=1S/C9H10N4OS/c10-8(12-14)9-11-3-4-13(9)6-7-2-1-5-15-7/h1-5,14H,6H2,(H2,10,12). The summed E-state index contributed by atoms with van der Waals surface area (Å²) < 4.78 is 1.83. The minimum Gasteiger partial charge on any atom is -0.409 e. The molecule has 0 aliphatic heterocycles. The van der Waals surface area contributed by atoms with E-state index in [9.17, 15) is 0 Å². The summed E-state index contributed by atoms with van der Waals surface area (Å²) in [7, 11) is 0. The van der Waals surface area contributed by atoms with Crippen molar-refractivity contribution in [1.82, 2.24) is 9.55 Å². The molecule has 2 heterocycles. The van der Waals surface area contributed by atoms with E-state index in [1.165, 1.54) is 4.88 Å². The fourth-order valence-corrected chi connectivity index (χ4v) is 1.99. The highest BCUT2D eigenvalue weighted by Gasteiger charge is 2.08. The SMILES string of the molecule is NC(=NO)c1nccn1Cc1cccs1. The number of aromatic nitrogens is 2. The maximum atomic E-state index is 8.57. The quantitative estimate of drug-likeness (QED) is 0.353. The topological polar surface area (TPSA) is 76.4 Å². The van der Waals surface area contributed by atoms with Crippen LogP contribution >= 0.6 is 11.3 Å². The molecule has 0 radical (unpaired) electrons. The number of oxime groups is 1. The number of thiophene rings is 1. The molecule has 0 aliphatic carbocycles. The summed E-state index contributed by atoms with van der Waals surface area (Å²) in [6, 6.07) is 4.01. The summed E-state index contributed by atoms with van der Waals surface area (Å²) >= 11 is 1.66. The van der Waals surface area contributed by atoms with Crippen LogP contribution < -0.4 is 5.73 Å². The lowest BCUT2D eigenvalue weighted by molar-refractivity contribution is 0.318. The van der Waals surface area contributed by atoms with Gasteiger partial charge in [0.15, 0.2) is 5.82 Å². The molecule has 2 rings (SSSR count). The van der Waals surface area contributed by atoms with Gasteiger partial charge in [-0.1, -0.05) is 11.2 Å². The first-order valence-corrected chi connectivity index (χ1v) is 5.20. The third-order valence-corrected chi connectivity index (χ3v) is 2.82. The van der Waals surface area contributed by atoms with Crippen molar-refractivity contribution in [2.24, 2.45) is 10.9 Å². The van der Waals surface area contributed by atoms with Crippen LogP contribution in [0.2, 0.25) is 0 Å². The molecule has 0 amide bonds. The van der Waals surface area contributed by atoms with Gasteiger partial charge in [0.2, 0.25) is 5.84 Å². The smallest absolute Gasteiger partial charge is 0.206 e. The number of nitrogens with zero attached hydrogens (tertiary/aromatic N) is 3. The maximum Gasteiger partial charge on any atom is 0.206 e. The Balaban J connectivity index is 2.26. The Morgan fingerprint density at radius 2 is 2.53 bits per heavy atom. The van der Waals surface area contributed by atoms with E-state index in [1.54, 1.807) is 23.7 Å². The van der Waals surface area contributed by atoms with Gasteiger partial charge in [-0.05, 0) is 11.4 Å². The molecule has 0 fully saturated rings. The van der Waals surface area contributed by atoms with Crippen LogP contribution in [-0.4, -0.2) is 20.6 Å². The first-order valence-electron chi connectivity index (χ1n) is 4.32. The molecule has 78 valence electrons. The lowest BCUT2D eigenvalue weighted by atomic mass is 10.4. The summed E-state index contributed by atoms with van der Waals surface area (Å²) in [5.74, 6) is 0.502. The highest BCUT2D eigenvalue weighted by atomic mass is 32.1. The third kappa shape index (κ3) is 1.99. The lowest BCUT2D eigenvalue weighted by Crippen LogP contribution is -2.19. The first kappa shape index (κ1) is 9.72. The molecule has 2 aromatic rings. The summed E-state index contributed by atoms with van der Waals surface area (Å²) in [5, 5.41) is 13.5. The van der Waals surface area contributed by atoms with Crippen molar-refractivity contribution in [3.05, 3.63) is 40.6 Å². The van der Waals surface area contributed by atoms with E-state index in [2.05, 4.69) is 10.1 Å².